The highest BCUT2D eigenvalue weighted by Gasteiger charge is 2.51. The summed E-state index contributed by atoms with van der Waals surface area (Å²) in [5.74, 6) is -0.547. The normalized spacial score (nSPS) is 14.6. The van der Waals surface area contributed by atoms with Crippen LogP contribution in [-0.4, -0.2) is 21.1 Å². The molecule has 3 N–H and O–H groups in total. The number of aromatic hydroxyl groups is 2. The van der Waals surface area contributed by atoms with E-state index in [1.807, 2.05) is 19.1 Å². The van der Waals surface area contributed by atoms with Crippen molar-refractivity contribution in [2.75, 3.05) is 5.32 Å². The highest BCUT2D eigenvalue weighted by Crippen LogP contribution is 2.50. The lowest BCUT2D eigenvalue weighted by molar-refractivity contribution is -0.118. The molecule has 0 atom stereocenters. The monoisotopic (exact) mass is 414 g/mol. The number of rotatable bonds is 5. The first-order valence-electron chi connectivity index (χ1n) is 8.91. The SMILES string of the molecule is Cc1cc(Cc2cnc(NC(=O)C3(c4ccc(O)c(O)c4)CC3)s2)ccc1Cl. The lowest BCUT2D eigenvalue weighted by atomic mass is 9.94. The van der Waals surface area contributed by atoms with E-state index in [9.17, 15) is 15.0 Å². The van der Waals surface area contributed by atoms with Crippen LogP contribution in [0.3, 0.4) is 0 Å². The topological polar surface area (TPSA) is 82.5 Å². The van der Waals surface area contributed by atoms with Crippen molar-refractivity contribution in [1.82, 2.24) is 4.98 Å². The van der Waals surface area contributed by atoms with Crippen molar-refractivity contribution < 1.29 is 15.0 Å². The molecule has 0 radical (unpaired) electrons. The van der Waals surface area contributed by atoms with Crippen LogP contribution >= 0.6 is 22.9 Å². The lowest BCUT2D eigenvalue weighted by Gasteiger charge is -2.15. The number of anilines is 1. The number of carbonyl (C=O) groups excluding carboxylic acids is 1. The van der Waals surface area contributed by atoms with E-state index in [4.69, 9.17) is 11.6 Å². The number of phenolic OH excluding ortho intramolecular Hbond substituents is 2. The molecule has 7 heteroatoms. The molecule has 4 rings (SSSR count). The summed E-state index contributed by atoms with van der Waals surface area (Å²) in [7, 11) is 0. The summed E-state index contributed by atoms with van der Waals surface area (Å²) in [4.78, 5) is 18.2. The average Bonchev–Trinajstić information content (AvgIpc) is 3.37. The standard InChI is InChI=1S/C21H19ClN2O3S/c1-12-8-13(2-4-16(12)22)9-15-11-23-20(28-15)24-19(27)21(6-7-21)14-3-5-17(25)18(26)10-14/h2-5,8,10-11,25-26H,6-7,9H2,1H3,(H,23,24,27). The van der Waals surface area contributed by atoms with Gasteiger partial charge in [-0.2, -0.15) is 0 Å². The zero-order chi connectivity index (χ0) is 19.9. The molecule has 1 aromatic heterocycles. The Labute approximate surface area is 171 Å². The van der Waals surface area contributed by atoms with Gasteiger partial charge < -0.3 is 15.5 Å². The molecular weight excluding hydrogens is 396 g/mol. The number of nitrogens with one attached hydrogen (secondary N) is 1. The Bertz CT molecular complexity index is 1060. The van der Waals surface area contributed by atoms with Crippen LogP contribution in [0.15, 0.2) is 42.6 Å². The van der Waals surface area contributed by atoms with E-state index in [1.165, 1.54) is 23.5 Å². The molecule has 0 aliphatic heterocycles. The second-order valence-electron chi connectivity index (χ2n) is 7.13. The van der Waals surface area contributed by atoms with Gasteiger partial charge in [0.1, 0.15) is 0 Å². The molecule has 1 aliphatic carbocycles. The minimum Gasteiger partial charge on any atom is -0.504 e. The largest absolute Gasteiger partial charge is 0.504 e. The molecule has 28 heavy (non-hydrogen) atoms. The maximum absolute atomic E-state index is 12.8. The number of halogens is 1. The number of thiazole rings is 1. The second-order valence-corrected chi connectivity index (χ2v) is 8.65. The van der Waals surface area contributed by atoms with Crippen LogP contribution in [0.1, 0.15) is 34.4 Å². The van der Waals surface area contributed by atoms with Crippen LogP contribution in [0.5, 0.6) is 11.5 Å². The maximum atomic E-state index is 12.8. The van der Waals surface area contributed by atoms with Crippen molar-refractivity contribution in [2.24, 2.45) is 0 Å². The van der Waals surface area contributed by atoms with Gasteiger partial charge in [-0.05, 0) is 54.7 Å². The summed E-state index contributed by atoms with van der Waals surface area (Å²) in [6.07, 6.45) is 3.90. The molecule has 1 heterocycles. The first-order valence-corrected chi connectivity index (χ1v) is 10.1. The Kier molecular flexibility index (Phi) is 4.77. The first-order chi connectivity index (χ1) is 13.4. The third-order valence-corrected chi connectivity index (χ3v) is 6.42. The van der Waals surface area contributed by atoms with Gasteiger partial charge in [-0.3, -0.25) is 4.79 Å². The molecule has 5 nitrogen and oxygen atoms in total. The van der Waals surface area contributed by atoms with Gasteiger partial charge in [0.05, 0.1) is 5.41 Å². The van der Waals surface area contributed by atoms with Gasteiger partial charge in [-0.15, -0.1) is 11.3 Å². The zero-order valence-electron chi connectivity index (χ0n) is 15.2. The van der Waals surface area contributed by atoms with E-state index in [0.717, 1.165) is 27.4 Å². The summed E-state index contributed by atoms with van der Waals surface area (Å²) in [6.45, 7) is 1.97. The van der Waals surface area contributed by atoms with Gasteiger partial charge in [0.2, 0.25) is 5.91 Å². The molecule has 0 bridgehead atoms. The number of benzene rings is 2. The van der Waals surface area contributed by atoms with E-state index in [1.54, 1.807) is 12.3 Å². The third kappa shape index (κ3) is 3.57. The number of hydrogen-bond donors (Lipinski definition) is 3. The van der Waals surface area contributed by atoms with Crippen molar-refractivity contribution in [2.45, 2.75) is 31.6 Å². The predicted molar refractivity (Wildman–Crippen MR) is 110 cm³/mol. The van der Waals surface area contributed by atoms with Crippen LogP contribution in [0.4, 0.5) is 5.13 Å². The highest BCUT2D eigenvalue weighted by atomic mass is 35.5. The van der Waals surface area contributed by atoms with E-state index < -0.39 is 5.41 Å². The number of aromatic nitrogens is 1. The summed E-state index contributed by atoms with van der Waals surface area (Å²) >= 11 is 7.52. The van der Waals surface area contributed by atoms with Gasteiger partial charge in [0.15, 0.2) is 16.6 Å². The molecule has 0 unspecified atom stereocenters. The van der Waals surface area contributed by atoms with Crippen molar-refractivity contribution in [1.29, 1.82) is 0 Å². The molecule has 1 amide bonds. The number of amides is 1. The van der Waals surface area contributed by atoms with Crippen LogP contribution < -0.4 is 5.32 Å². The van der Waals surface area contributed by atoms with Crippen LogP contribution in [0.2, 0.25) is 5.02 Å². The van der Waals surface area contributed by atoms with E-state index in [0.29, 0.717) is 23.5 Å². The van der Waals surface area contributed by atoms with Gasteiger partial charge in [0, 0.05) is 22.5 Å². The summed E-state index contributed by atoms with van der Waals surface area (Å²) in [6, 6.07) is 10.5. The minimum atomic E-state index is -0.662. The zero-order valence-corrected chi connectivity index (χ0v) is 16.8. The van der Waals surface area contributed by atoms with Crippen LogP contribution in [0.25, 0.3) is 0 Å². The Morgan fingerprint density at radius 3 is 2.68 bits per heavy atom. The summed E-state index contributed by atoms with van der Waals surface area (Å²) in [5.41, 5.74) is 2.21. The van der Waals surface area contributed by atoms with E-state index in [2.05, 4.69) is 16.4 Å². The average molecular weight is 415 g/mol. The van der Waals surface area contributed by atoms with E-state index in [-0.39, 0.29) is 17.4 Å². The highest BCUT2D eigenvalue weighted by molar-refractivity contribution is 7.15. The van der Waals surface area contributed by atoms with Gasteiger partial charge in [-0.25, -0.2) is 4.98 Å². The quantitative estimate of drug-likeness (QED) is 0.525. The van der Waals surface area contributed by atoms with Gasteiger partial charge >= 0.3 is 0 Å². The fraction of sp³-hybridized carbons (Fsp3) is 0.238. The lowest BCUT2D eigenvalue weighted by Crippen LogP contribution is -2.27. The minimum absolute atomic E-state index is 0.138. The molecule has 1 saturated carbocycles. The molecule has 1 fully saturated rings. The Morgan fingerprint density at radius 2 is 2.00 bits per heavy atom. The molecule has 1 aliphatic rings. The van der Waals surface area contributed by atoms with Crippen molar-refractivity contribution in [3.63, 3.8) is 0 Å². The van der Waals surface area contributed by atoms with Crippen molar-refractivity contribution >= 4 is 34.0 Å². The molecule has 0 saturated heterocycles. The second kappa shape index (κ2) is 7.11. The Hall–Kier alpha value is -2.57. The Morgan fingerprint density at radius 1 is 1.21 bits per heavy atom. The number of phenols is 2. The predicted octanol–water partition coefficient (Wildman–Crippen LogP) is 4.78. The third-order valence-electron chi connectivity index (χ3n) is 5.09. The molecule has 3 aromatic rings. The maximum Gasteiger partial charge on any atom is 0.236 e. The number of hydrogen-bond acceptors (Lipinski definition) is 5. The number of carbonyl (C=O) groups is 1. The van der Waals surface area contributed by atoms with Gasteiger partial charge in [0.25, 0.3) is 0 Å². The number of aryl methyl sites for hydroxylation is 1. The molecule has 2 aromatic carbocycles. The van der Waals surface area contributed by atoms with Crippen LogP contribution in [-0.2, 0) is 16.6 Å². The molecular formula is C21H19ClN2O3S. The first kappa shape index (κ1) is 18.8. The fourth-order valence-corrected chi connectivity index (χ4v) is 4.23. The van der Waals surface area contributed by atoms with E-state index >= 15 is 0 Å². The fourth-order valence-electron chi connectivity index (χ4n) is 3.27. The molecule has 144 valence electrons. The Balaban J connectivity index is 1.46. The van der Waals surface area contributed by atoms with Gasteiger partial charge in [-0.1, -0.05) is 29.8 Å². The number of nitrogens with zero attached hydrogens (tertiary/aromatic N) is 1. The van der Waals surface area contributed by atoms with Crippen molar-refractivity contribution in [3.05, 3.63) is 69.2 Å². The van der Waals surface area contributed by atoms with Crippen molar-refractivity contribution in [3.8, 4) is 11.5 Å². The summed E-state index contributed by atoms with van der Waals surface area (Å²) < 4.78 is 0. The smallest absolute Gasteiger partial charge is 0.236 e. The molecule has 0 spiro atoms. The van der Waals surface area contributed by atoms with Crippen LogP contribution in [0, 0.1) is 6.92 Å². The summed E-state index contributed by atoms with van der Waals surface area (Å²) in [5, 5.41) is 23.4.